The molecule has 3 N–H and O–H groups in total. The molecule has 36 heavy (non-hydrogen) atoms. The van der Waals surface area contributed by atoms with Crippen molar-refractivity contribution in [2.24, 2.45) is 11.8 Å². The lowest BCUT2D eigenvalue weighted by atomic mass is 9.78. The number of carbonyl (C=O) groups excluding carboxylic acids is 3. The van der Waals surface area contributed by atoms with Crippen molar-refractivity contribution in [1.82, 2.24) is 5.32 Å². The van der Waals surface area contributed by atoms with Crippen LogP contribution >= 0.6 is 11.8 Å². The van der Waals surface area contributed by atoms with Crippen molar-refractivity contribution in [3.63, 3.8) is 0 Å². The van der Waals surface area contributed by atoms with Crippen molar-refractivity contribution in [3.8, 4) is 5.75 Å². The molecule has 1 heterocycles. The maximum absolute atomic E-state index is 13.5. The number of aliphatic hydroxyl groups excluding tert-OH is 1. The van der Waals surface area contributed by atoms with Crippen LogP contribution in [0.25, 0.3) is 0 Å². The average Bonchev–Trinajstić information content (AvgIpc) is 3.14. The van der Waals surface area contributed by atoms with Gasteiger partial charge in [0.1, 0.15) is 11.9 Å². The first-order valence-corrected chi connectivity index (χ1v) is 12.6. The van der Waals surface area contributed by atoms with Crippen LogP contribution in [-0.2, 0) is 20.8 Å². The van der Waals surface area contributed by atoms with Gasteiger partial charge in [-0.05, 0) is 44.9 Å². The van der Waals surface area contributed by atoms with E-state index in [1.807, 2.05) is 6.07 Å². The summed E-state index contributed by atoms with van der Waals surface area (Å²) in [6.45, 7) is 6.46. The molecule has 1 aliphatic rings. The third kappa shape index (κ3) is 6.14. The van der Waals surface area contributed by atoms with Crippen molar-refractivity contribution in [2.45, 2.75) is 51.0 Å². The molecule has 9 heteroatoms. The number of rotatable bonds is 9. The maximum Gasteiger partial charge on any atom is 0.308 e. The molecule has 0 radical (unpaired) electrons. The number of carboxylic acid groups (broad SMARTS) is 1. The van der Waals surface area contributed by atoms with Crippen LogP contribution in [0.5, 0.6) is 5.75 Å². The van der Waals surface area contributed by atoms with Gasteiger partial charge in [0.15, 0.2) is 5.78 Å². The summed E-state index contributed by atoms with van der Waals surface area (Å²) < 4.78 is 4.51. The van der Waals surface area contributed by atoms with Crippen LogP contribution in [0.4, 0.5) is 0 Å². The van der Waals surface area contributed by atoms with E-state index < -0.39 is 52.4 Å². The van der Waals surface area contributed by atoms with Crippen molar-refractivity contribution >= 4 is 35.4 Å². The highest BCUT2D eigenvalue weighted by Gasteiger charge is 2.52. The summed E-state index contributed by atoms with van der Waals surface area (Å²) in [5.41, 5.74) is 1.41. The molecular weight excluding hydrogens is 482 g/mol. The molecule has 192 valence electrons. The second kappa shape index (κ2) is 11.3. The van der Waals surface area contributed by atoms with Crippen LogP contribution in [0.1, 0.15) is 42.3 Å². The Labute approximate surface area is 214 Å². The predicted molar refractivity (Wildman–Crippen MR) is 136 cm³/mol. The molecule has 3 rings (SSSR count). The molecule has 2 aromatic carbocycles. The third-order valence-electron chi connectivity index (χ3n) is 6.50. The number of thioether (sulfide) groups is 1. The normalized spacial score (nSPS) is 20.2. The number of aliphatic hydroxyl groups is 1. The predicted octanol–water partition coefficient (Wildman–Crippen LogP) is 3.03. The van der Waals surface area contributed by atoms with Crippen LogP contribution in [0.15, 0.2) is 48.5 Å². The highest BCUT2D eigenvalue weighted by Crippen LogP contribution is 2.47. The molecule has 1 aliphatic heterocycles. The fourth-order valence-corrected chi connectivity index (χ4v) is 6.07. The monoisotopic (exact) mass is 513 g/mol. The lowest BCUT2D eigenvalue weighted by Crippen LogP contribution is -2.51. The lowest BCUT2D eigenvalue weighted by Gasteiger charge is -2.29. The minimum absolute atomic E-state index is 0.117. The van der Waals surface area contributed by atoms with Gasteiger partial charge in [0.25, 0.3) is 5.91 Å². The number of hydrogen-bond acceptors (Lipinski definition) is 7. The maximum atomic E-state index is 13.5. The Balaban J connectivity index is 1.89. The number of benzene rings is 2. The topological polar surface area (TPSA) is 130 Å². The zero-order valence-electron chi connectivity index (χ0n) is 20.7. The van der Waals surface area contributed by atoms with Crippen molar-refractivity contribution in [2.75, 3.05) is 5.75 Å². The Kier molecular flexibility index (Phi) is 8.58. The van der Waals surface area contributed by atoms with E-state index in [1.165, 1.54) is 18.7 Å². The van der Waals surface area contributed by atoms with Crippen LogP contribution in [0.3, 0.4) is 0 Å². The van der Waals surface area contributed by atoms with Gasteiger partial charge >= 0.3 is 11.9 Å². The minimum atomic E-state index is -1.57. The number of esters is 1. The Hall–Kier alpha value is -3.17. The Morgan fingerprint density at radius 1 is 1.11 bits per heavy atom. The summed E-state index contributed by atoms with van der Waals surface area (Å²) >= 11 is 1.40. The lowest BCUT2D eigenvalue weighted by molar-refractivity contribution is -0.147. The smallest absolute Gasteiger partial charge is 0.308 e. The van der Waals surface area contributed by atoms with Gasteiger partial charge in [-0.25, -0.2) is 0 Å². The van der Waals surface area contributed by atoms with Gasteiger partial charge in [-0.2, -0.15) is 11.8 Å². The Morgan fingerprint density at radius 3 is 2.39 bits per heavy atom. The zero-order valence-corrected chi connectivity index (χ0v) is 21.5. The minimum Gasteiger partial charge on any atom is -0.481 e. The molecule has 8 nitrogen and oxygen atoms in total. The van der Waals surface area contributed by atoms with Crippen LogP contribution in [0, 0.1) is 18.8 Å². The number of hydrogen-bond donors (Lipinski definition) is 3. The Bertz CT molecular complexity index is 1150. The van der Waals surface area contributed by atoms with Crippen molar-refractivity contribution in [3.05, 3.63) is 65.2 Å². The van der Waals surface area contributed by atoms with Crippen LogP contribution in [-0.4, -0.2) is 56.5 Å². The second-order valence-corrected chi connectivity index (χ2v) is 11.2. The third-order valence-corrected chi connectivity index (χ3v) is 8.05. The summed E-state index contributed by atoms with van der Waals surface area (Å²) in [4.78, 5) is 50.2. The van der Waals surface area contributed by atoms with E-state index in [2.05, 4.69) is 5.32 Å². The summed E-state index contributed by atoms with van der Waals surface area (Å²) in [5, 5.41) is 23.6. The van der Waals surface area contributed by atoms with E-state index in [-0.39, 0.29) is 17.7 Å². The highest BCUT2D eigenvalue weighted by atomic mass is 32.2. The molecule has 1 amide bonds. The van der Waals surface area contributed by atoms with Gasteiger partial charge in [0.05, 0.1) is 12.0 Å². The first kappa shape index (κ1) is 27.4. The second-order valence-electron chi connectivity index (χ2n) is 9.48. The fourth-order valence-electron chi connectivity index (χ4n) is 4.62. The fraction of sp³-hybridized carbons (Fsp3) is 0.407. The van der Waals surface area contributed by atoms with Crippen LogP contribution in [0.2, 0.25) is 0 Å². The van der Waals surface area contributed by atoms with Gasteiger partial charge in [0.2, 0.25) is 0 Å². The van der Waals surface area contributed by atoms with E-state index in [4.69, 9.17) is 4.74 Å². The summed E-state index contributed by atoms with van der Waals surface area (Å²) in [6.07, 6.45) is -1.45. The zero-order chi connectivity index (χ0) is 26.6. The van der Waals surface area contributed by atoms with Gasteiger partial charge in [0, 0.05) is 34.5 Å². The van der Waals surface area contributed by atoms with Crippen molar-refractivity contribution < 1.29 is 34.1 Å². The van der Waals surface area contributed by atoms with E-state index in [1.54, 1.807) is 63.2 Å². The summed E-state index contributed by atoms with van der Waals surface area (Å²) in [7, 11) is 0. The molecule has 0 aliphatic carbocycles. The van der Waals surface area contributed by atoms with Crippen molar-refractivity contribution in [1.29, 1.82) is 0 Å². The van der Waals surface area contributed by atoms with Gasteiger partial charge in [-0.15, -0.1) is 0 Å². The molecular formula is C27H31NO7S. The first-order chi connectivity index (χ1) is 16.9. The number of aliphatic carboxylic acids is 1. The molecule has 0 spiro atoms. The molecule has 1 fully saturated rings. The average molecular weight is 514 g/mol. The van der Waals surface area contributed by atoms with Gasteiger partial charge in [-0.1, -0.05) is 36.4 Å². The van der Waals surface area contributed by atoms with Gasteiger partial charge in [-0.3, -0.25) is 19.2 Å². The SMILES string of the molecule is CC(=O)Oc1cccc(C(=O)N[C@@H](Cc2ccccc2)C(=O)C(O)C2CSC(C)(C)[C@H]2C(=O)O)c1C. The number of amides is 1. The summed E-state index contributed by atoms with van der Waals surface area (Å²) in [6, 6.07) is 12.6. The summed E-state index contributed by atoms with van der Waals surface area (Å²) in [5.74, 6) is -3.97. The molecule has 0 bridgehead atoms. The van der Waals surface area contributed by atoms with Gasteiger partial charge < -0.3 is 20.3 Å². The number of carbonyl (C=O) groups is 4. The quantitative estimate of drug-likeness (QED) is 0.345. The number of ketones is 1. The molecule has 0 saturated carbocycles. The number of ether oxygens (including phenoxy) is 1. The van der Waals surface area contributed by atoms with E-state index >= 15 is 0 Å². The molecule has 2 aromatic rings. The molecule has 1 saturated heterocycles. The standard InChI is InChI=1S/C27H31NO7S/c1-15-18(11-8-12-21(15)35-16(2)29)25(32)28-20(13-17-9-6-5-7-10-17)24(31)23(30)19-14-36-27(3,4)22(19)26(33)34/h5-12,19-20,22-23,30H,13-14H2,1-4H3,(H,28,32)(H,33,34)/t19?,20-,22+,23?/m0/s1. The van der Waals surface area contributed by atoms with Crippen LogP contribution < -0.4 is 10.1 Å². The number of carboxylic acids is 1. The van der Waals surface area contributed by atoms with E-state index in [0.29, 0.717) is 11.3 Å². The number of Topliss-reactive ketones (excluding diaryl/α,β-unsaturated/α-hetero) is 1. The molecule has 0 aromatic heterocycles. The molecule has 4 atom stereocenters. The number of nitrogens with one attached hydrogen (secondary N) is 1. The Morgan fingerprint density at radius 2 is 1.78 bits per heavy atom. The molecule has 2 unspecified atom stereocenters. The van der Waals surface area contributed by atoms with E-state index in [0.717, 1.165) is 5.56 Å². The van der Waals surface area contributed by atoms with E-state index in [9.17, 15) is 29.4 Å². The first-order valence-electron chi connectivity index (χ1n) is 11.6. The largest absolute Gasteiger partial charge is 0.481 e. The highest BCUT2D eigenvalue weighted by molar-refractivity contribution is 8.00.